The zero-order valence-corrected chi connectivity index (χ0v) is 10.3. The quantitative estimate of drug-likeness (QED) is 0.805. The minimum absolute atomic E-state index is 0.0794. The SMILES string of the molecule is Cc1nc(CCNC(=O)c2cc(N)ccc2F)no1. The number of halogens is 1. The summed E-state index contributed by atoms with van der Waals surface area (Å²) in [6.45, 7) is 1.96. The highest BCUT2D eigenvalue weighted by molar-refractivity contribution is 5.95. The van der Waals surface area contributed by atoms with E-state index in [9.17, 15) is 9.18 Å². The number of hydrogen-bond donors (Lipinski definition) is 2. The number of aryl methyl sites for hydroxylation is 1. The third kappa shape index (κ3) is 3.27. The molecule has 0 atom stereocenters. The van der Waals surface area contributed by atoms with Gasteiger partial charge in [0.2, 0.25) is 5.89 Å². The van der Waals surface area contributed by atoms with Crippen molar-refractivity contribution in [2.45, 2.75) is 13.3 Å². The molecule has 0 radical (unpaired) electrons. The molecule has 0 bridgehead atoms. The van der Waals surface area contributed by atoms with Gasteiger partial charge in [0.15, 0.2) is 5.82 Å². The zero-order valence-electron chi connectivity index (χ0n) is 10.3. The monoisotopic (exact) mass is 264 g/mol. The number of aromatic nitrogens is 2. The van der Waals surface area contributed by atoms with Crippen molar-refractivity contribution in [1.82, 2.24) is 15.5 Å². The summed E-state index contributed by atoms with van der Waals surface area (Å²) >= 11 is 0. The average Bonchev–Trinajstić information content (AvgIpc) is 2.78. The van der Waals surface area contributed by atoms with Crippen molar-refractivity contribution in [3.8, 4) is 0 Å². The van der Waals surface area contributed by atoms with Crippen LogP contribution in [0.2, 0.25) is 0 Å². The van der Waals surface area contributed by atoms with Gasteiger partial charge in [0, 0.05) is 25.6 Å². The van der Waals surface area contributed by atoms with Crippen LogP contribution >= 0.6 is 0 Å². The topological polar surface area (TPSA) is 94.0 Å². The van der Waals surface area contributed by atoms with Crippen molar-refractivity contribution in [3.63, 3.8) is 0 Å². The molecule has 0 unspecified atom stereocenters. The molecule has 0 fully saturated rings. The summed E-state index contributed by atoms with van der Waals surface area (Å²) in [4.78, 5) is 15.7. The summed E-state index contributed by atoms with van der Waals surface area (Å²) in [5.41, 5.74) is 5.76. The number of hydrogen-bond acceptors (Lipinski definition) is 5. The molecule has 1 aromatic carbocycles. The molecule has 2 rings (SSSR count). The second-order valence-corrected chi connectivity index (χ2v) is 3.97. The Morgan fingerprint density at radius 1 is 1.53 bits per heavy atom. The second kappa shape index (κ2) is 5.47. The van der Waals surface area contributed by atoms with Crippen LogP contribution < -0.4 is 11.1 Å². The van der Waals surface area contributed by atoms with Crippen molar-refractivity contribution in [2.24, 2.45) is 0 Å². The zero-order chi connectivity index (χ0) is 13.8. The molecule has 1 heterocycles. The highest BCUT2D eigenvalue weighted by atomic mass is 19.1. The Morgan fingerprint density at radius 3 is 3.00 bits per heavy atom. The van der Waals surface area contributed by atoms with E-state index in [1.165, 1.54) is 12.1 Å². The number of amides is 1. The third-order valence-corrected chi connectivity index (χ3v) is 2.44. The minimum Gasteiger partial charge on any atom is -0.399 e. The first kappa shape index (κ1) is 13.0. The predicted octanol–water partition coefficient (Wildman–Crippen LogP) is 1.07. The molecule has 0 saturated heterocycles. The number of carbonyl (C=O) groups excluding carboxylic acids is 1. The average molecular weight is 264 g/mol. The van der Waals surface area contributed by atoms with Crippen molar-refractivity contribution in [2.75, 3.05) is 12.3 Å². The molecule has 100 valence electrons. The Morgan fingerprint density at radius 2 is 2.32 bits per heavy atom. The predicted molar refractivity (Wildman–Crippen MR) is 65.9 cm³/mol. The van der Waals surface area contributed by atoms with E-state index in [4.69, 9.17) is 10.3 Å². The lowest BCUT2D eigenvalue weighted by Crippen LogP contribution is -2.26. The molecule has 0 saturated carbocycles. The van der Waals surface area contributed by atoms with Crippen LogP contribution in [-0.2, 0) is 6.42 Å². The molecule has 1 amide bonds. The Bertz CT molecular complexity index is 597. The fourth-order valence-corrected chi connectivity index (χ4v) is 1.54. The smallest absolute Gasteiger partial charge is 0.254 e. The summed E-state index contributed by atoms with van der Waals surface area (Å²) in [6, 6.07) is 3.85. The Hall–Kier alpha value is -2.44. The number of nitrogens with zero attached hydrogens (tertiary/aromatic N) is 2. The van der Waals surface area contributed by atoms with Gasteiger partial charge in [0.05, 0.1) is 5.56 Å². The molecule has 7 heteroatoms. The van der Waals surface area contributed by atoms with Crippen LogP contribution in [0.25, 0.3) is 0 Å². The first-order valence-electron chi connectivity index (χ1n) is 5.68. The van der Waals surface area contributed by atoms with Gasteiger partial charge in [0.1, 0.15) is 5.82 Å². The van der Waals surface area contributed by atoms with E-state index in [-0.39, 0.29) is 12.1 Å². The largest absolute Gasteiger partial charge is 0.399 e. The van der Waals surface area contributed by atoms with Crippen LogP contribution in [0.4, 0.5) is 10.1 Å². The molecule has 0 aliphatic rings. The maximum absolute atomic E-state index is 13.4. The lowest BCUT2D eigenvalue weighted by atomic mass is 10.1. The molecule has 2 aromatic rings. The highest BCUT2D eigenvalue weighted by Crippen LogP contribution is 2.11. The number of benzene rings is 1. The fraction of sp³-hybridized carbons (Fsp3) is 0.250. The van der Waals surface area contributed by atoms with Crippen molar-refractivity contribution < 1.29 is 13.7 Å². The van der Waals surface area contributed by atoms with E-state index in [1.54, 1.807) is 6.92 Å². The molecule has 0 spiro atoms. The van der Waals surface area contributed by atoms with Crippen LogP contribution in [0.3, 0.4) is 0 Å². The number of nitrogen functional groups attached to an aromatic ring is 1. The standard InChI is InChI=1S/C12H13FN4O2/c1-7-16-11(17-19-7)4-5-15-12(18)9-6-8(14)2-3-10(9)13/h2-3,6H,4-5,14H2,1H3,(H,15,18). The number of nitrogens with two attached hydrogens (primary N) is 1. The van der Waals surface area contributed by atoms with E-state index in [1.807, 2.05) is 0 Å². The van der Waals surface area contributed by atoms with Gasteiger partial charge in [-0.05, 0) is 18.2 Å². The molecule has 3 N–H and O–H groups in total. The molecule has 6 nitrogen and oxygen atoms in total. The summed E-state index contributed by atoms with van der Waals surface area (Å²) in [6.07, 6.45) is 0.410. The van der Waals surface area contributed by atoms with E-state index < -0.39 is 11.7 Å². The number of nitrogens with one attached hydrogen (secondary N) is 1. The van der Waals surface area contributed by atoms with Crippen LogP contribution in [0.5, 0.6) is 0 Å². The van der Waals surface area contributed by atoms with E-state index in [0.717, 1.165) is 6.07 Å². The lowest BCUT2D eigenvalue weighted by Gasteiger charge is -2.05. The van der Waals surface area contributed by atoms with E-state index in [0.29, 0.717) is 23.8 Å². The first-order chi connectivity index (χ1) is 9.06. The van der Waals surface area contributed by atoms with Gasteiger partial charge in [-0.2, -0.15) is 4.98 Å². The number of anilines is 1. The third-order valence-electron chi connectivity index (χ3n) is 2.44. The summed E-state index contributed by atoms with van der Waals surface area (Å²) < 4.78 is 18.2. The van der Waals surface area contributed by atoms with Gasteiger partial charge >= 0.3 is 0 Å². The summed E-state index contributed by atoms with van der Waals surface area (Å²) in [5.74, 6) is -0.179. The van der Waals surface area contributed by atoms with Crippen LogP contribution in [0.15, 0.2) is 22.7 Å². The maximum Gasteiger partial charge on any atom is 0.254 e. The van der Waals surface area contributed by atoms with Crippen molar-refractivity contribution >= 4 is 11.6 Å². The van der Waals surface area contributed by atoms with Crippen LogP contribution in [-0.4, -0.2) is 22.6 Å². The molecule has 0 aliphatic carbocycles. The molecule has 0 aliphatic heterocycles. The number of rotatable bonds is 4. The first-order valence-corrected chi connectivity index (χ1v) is 5.68. The van der Waals surface area contributed by atoms with Crippen molar-refractivity contribution in [3.05, 3.63) is 41.3 Å². The van der Waals surface area contributed by atoms with Gasteiger partial charge in [-0.3, -0.25) is 4.79 Å². The normalized spacial score (nSPS) is 10.4. The van der Waals surface area contributed by atoms with Gasteiger partial charge in [-0.15, -0.1) is 0 Å². The fourth-order valence-electron chi connectivity index (χ4n) is 1.54. The van der Waals surface area contributed by atoms with Gasteiger partial charge in [0.25, 0.3) is 5.91 Å². The van der Waals surface area contributed by atoms with Crippen LogP contribution in [0, 0.1) is 12.7 Å². The molecule has 19 heavy (non-hydrogen) atoms. The molecular weight excluding hydrogens is 251 g/mol. The molecule has 1 aromatic heterocycles. The van der Waals surface area contributed by atoms with Crippen LogP contribution in [0.1, 0.15) is 22.1 Å². The van der Waals surface area contributed by atoms with E-state index >= 15 is 0 Å². The van der Waals surface area contributed by atoms with Gasteiger partial charge in [-0.25, -0.2) is 4.39 Å². The van der Waals surface area contributed by atoms with E-state index in [2.05, 4.69) is 15.5 Å². The summed E-state index contributed by atoms with van der Waals surface area (Å²) in [5, 5.41) is 6.25. The Balaban J connectivity index is 1.92. The molecular formula is C12H13FN4O2. The van der Waals surface area contributed by atoms with Gasteiger partial charge in [-0.1, -0.05) is 5.16 Å². The second-order valence-electron chi connectivity index (χ2n) is 3.97. The Labute approximate surface area is 108 Å². The van der Waals surface area contributed by atoms with Crippen molar-refractivity contribution in [1.29, 1.82) is 0 Å². The lowest BCUT2D eigenvalue weighted by molar-refractivity contribution is 0.0950. The maximum atomic E-state index is 13.4. The highest BCUT2D eigenvalue weighted by Gasteiger charge is 2.12. The number of carbonyl (C=O) groups is 1. The Kier molecular flexibility index (Phi) is 3.74. The summed E-state index contributed by atoms with van der Waals surface area (Å²) in [7, 11) is 0. The minimum atomic E-state index is -0.609. The van der Waals surface area contributed by atoms with Gasteiger partial charge < -0.3 is 15.6 Å².